The Bertz CT molecular complexity index is 370. The van der Waals surface area contributed by atoms with Crippen molar-refractivity contribution in [2.24, 2.45) is 0 Å². The number of nitrogens with one attached hydrogen (secondary N) is 1. The molecule has 0 aliphatic heterocycles. The van der Waals surface area contributed by atoms with Crippen molar-refractivity contribution in [3.63, 3.8) is 0 Å². The second-order valence-corrected chi connectivity index (χ2v) is 2.62. The predicted molar refractivity (Wildman–Crippen MR) is 48.8 cm³/mol. The molecule has 0 aliphatic carbocycles. The van der Waals surface area contributed by atoms with Crippen LogP contribution in [0.25, 0.3) is 0 Å². The van der Waals surface area contributed by atoms with Gasteiger partial charge in [-0.05, 0) is 19.2 Å². The Labute approximate surface area is 80.6 Å². The van der Waals surface area contributed by atoms with Crippen LogP contribution in [0.5, 0.6) is 5.75 Å². The molecule has 0 fully saturated rings. The van der Waals surface area contributed by atoms with E-state index < -0.39 is 17.4 Å². The van der Waals surface area contributed by atoms with Crippen molar-refractivity contribution in [2.75, 3.05) is 13.6 Å². The minimum Gasteiger partial charge on any atom is -0.505 e. The monoisotopic (exact) mass is 197 g/mol. The van der Waals surface area contributed by atoms with E-state index in [1.54, 1.807) is 7.05 Å². The van der Waals surface area contributed by atoms with E-state index in [4.69, 9.17) is 5.11 Å². The molecular weight excluding hydrogens is 188 g/mol. The summed E-state index contributed by atoms with van der Waals surface area (Å²) in [5.41, 5.74) is 0.247. The zero-order valence-electron chi connectivity index (χ0n) is 7.56. The molecule has 0 spiro atoms. The fourth-order valence-electron chi connectivity index (χ4n) is 0.881. The van der Waals surface area contributed by atoms with Crippen molar-refractivity contribution in [1.29, 1.82) is 0 Å². The van der Waals surface area contributed by atoms with Gasteiger partial charge >= 0.3 is 0 Å². The van der Waals surface area contributed by atoms with E-state index in [2.05, 4.69) is 17.2 Å². The molecule has 0 radical (unpaired) electrons. The Morgan fingerprint density at radius 3 is 2.71 bits per heavy atom. The van der Waals surface area contributed by atoms with Crippen molar-refractivity contribution < 1.29 is 13.9 Å². The molecule has 2 N–H and O–H groups in total. The average Bonchev–Trinajstić information content (AvgIpc) is 2.14. The highest BCUT2D eigenvalue weighted by molar-refractivity contribution is 5.40. The summed E-state index contributed by atoms with van der Waals surface area (Å²) in [4.78, 5) is 0. The van der Waals surface area contributed by atoms with E-state index >= 15 is 0 Å². The summed E-state index contributed by atoms with van der Waals surface area (Å²) >= 11 is 0. The molecule has 0 heterocycles. The standard InChI is InChI=1S/C10H9F2NO/c1-13-4-2-3-7-5-8(11)10(12)9(14)6-7/h5-6,13-14H,4H2,1H3. The molecule has 0 saturated heterocycles. The molecule has 1 rings (SSSR count). The smallest absolute Gasteiger partial charge is 0.200 e. The Kier molecular flexibility index (Phi) is 3.43. The number of hydrogen-bond donors (Lipinski definition) is 2. The lowest BCUT2D eigenvalue weighted by molar-refractivity contribution is 0.407. The number of phenolic OH excluding ortho intramolecular Hbond substituents is 1. The topological polar surface area (TPSA) is 32.3 Å². The second kappa shape index (κ2) is 4.58. The van der Waals surface area contributed by atoms with E-state index in [9.17, 15) is 8.78 Å². The normalized spacial score (nSPS) is 9.36. The van der Waals surface area contributed by atoms with Gasteiger partial charge < -0.3 is 10.4 Å². The van der Waals surface area contributed by atoms with Crippen LogP contribution in [0.3, 0.4) is 0 Å². The Morgan fingerprint density at radius 2 is 2.14 bits per heavy atom. The van der Waals surface area contributed by atoms with Crippen LogP contribution < -0.4 is 5.32 Å². The quantitative estimate of drug-likeness (QED) is 0.664. The molecule has 0 unspecified atom stereocenters. The van der Waals surface area contributed by atoms with E-state index in [-0.39, 0.29) is 5.56 Å². The molecule has 74 valence electrons. The lowest BCUT2D eigenvalue weighted by Crippen LogP contribution is -2.04. The maximum atomic E-state index is 12.7. The number of rotatable bonds is 1. The van der Waals surface area contributed by atoms with Crippen LogP contribution in [-0.2, 0) is 0 Å². The van der Waals surface area contributed by atoms with E-state index in [1.165, 1.54) is 0 Å². The Balaban J connectivity index is 2.97. The molecule has 0 amide bonds. The van der Waals surface area contributed by atoms with Crippen molar-refractivity contribution in [1.82, 2.24) is 5.32 Å². The molecule has 0 atom stereocenters. The molecule has 1 aromatic rings. The summed E-state index contributed by atoms with van der Waals surface area (Å²) in [5.74, 6) is 2.17. The summed E-state index contributed by atoms with van der Waals surface area (Å²) in [7, 11) is 1.72. The molecule has 0 bridgehead atoms. The summed E-state index contributed by atoms with van der Waals surface area (Å²) in [6, 6.07) is 2.03. The van der Waals surface area contributed by atoms with Crippen LogP contribution in [0.1, 0.15) is 5.56 Å². The zero-order valence-corrected chi connectivity index (χ0v) is 7.56. The van der Waals surface area contributed by atoms with E-state index in [0.29, 0.717) is 6.54 Å². The number of aromatic hydroxyl groups is 1. The van der Waals surface area contributed by atoms with E-state index in [1.807, 2.05) is 0 Å². The molecule has 0 saturated carbocycles. The summed E-state index contributed by atoms with van der Waals surface area (Å²) < 4.78 is 25.3. The van der Waals surface area contributed by atoms with Crippen LogP contribution in [0.4, 0.5) is 8.78 Å². The van der Waals surface area contributed by atoms with Gasteiger partial charge in [-0.15, -0.1) is 0 Å². The van der Waals surface area contributed by atoms with Crippen molar-refractivity contribution in [3.8, 4) is 17.6 Å². The number of halogens is 2. The summed E-state index contributed by atoms with van der Waals surface area (Å²) in [5, 5.41) is 11.7. The van der Waals surface area contributed by atoms with Crippen LogP contribution in [-0.4, -0.2) is 18.7 Å². The van der Waals surface area contributed by atoms with Crippen LogP contribution in [0.2, 0.25) is 0 Å². The first-order valence-electron chi connectivity index (χ1n) is 3.96. The number of hydrogen-bond acceptors (Lipinski definition) is 2. The minimum absolute atomic E-state index is 0.247. The summed E-state index contributed by atoms with van der Waals surface area (Å²) in [6.07, 6.45) is 0. The first kappa shape index (κ1) is 10.5. The van der Waals surface area contributed by atoms with Gasteiger partial charge in [0.2, 0.25) is 0 Å². The lowest BCUT2D eigenvalue weighted by atomic mass is 10.2. The second-order valence-electron chi connectivity index (χ2n) is 2.62. The van der Waals surface area contributed by atoms with E-state index in [0.717, 1.165) is 12.1 Å². The van der Waals surface area contributed by atoms with Crippen molar-refractivity contribution in [3.05, 3.63) is 29.3 Å². The predicted octanol–water partition coefficient (Wildman–Crippen LogP) is 1.24. The van der Waals surface area contributed by atoms with Gasteiger partial charge in [0.05, 0.1) is 6.54 Å². The fraction of sp³-hybridized carbons (Fsp3) is 0.200. The SMILES string of the molecule is CNCC#Cc1cc(O)c(F)c(F)c1. The largest absolute Gasteiger partial charge is 0.505 e. The first-order chi connectivity index (χ1) is 6.65. The Morgan fingerprint density at radius 1 is 1.43 bits per heavy atom. The average molecular weight is 197 g/mol. The third-order valence-electron chi connectivity index (χ3n) is 1.51. The highest BCUT2D eigenvalue weighted by atomic mass is 19.2. The highest BCUT2D eigenvalue weighted by Gasteiger charge is 2.07. The number of benzene rings is 1. The zero-order chi connectivity index (χ0) is 10.6. The maximum absolute atomic E-state index is 12.7. The molecule has 2 nitrogen and oxygen atoms in total. The molecule has 0 aromatic heterocycles. The third kappa shape index (κ3) is 2.44. The van der Waals surface area contributed by atoms with Gasteiger partial charge in [-0.3, -0.25) is 0 Å². The first-order valence-corrected chi connectivity index (χ1v) is 3.96. The van der Waals surface area contributed by atoms with Gasteiger partial charge in [0.25, 0.3) is 0 Å². The van der Waals surface area contributed by atoms with Gasteiger partial charge in [0.15, 0.2) is 17.4 Å². The highest BCUT2D eigenvalue weighted by Crippen LogP contribution is 2.19. The van der Waals surface area contributed by atoms with Gasteiger partial charge in [0.1, 0.15) is 0 Å². The van der Waals surface area contributed by atoms with Gasteiger partial charge in [-0.25, -0.2) is 4.39 Å². The van der Waals surface area contributed by atoms with Crippen LogP contribution in [0, 0.1) is 23.5 Å². The Hall–Kier alpha value is -1.60. The summed E-state index contributed by atoms with van der Waals surface area (Å²) in [6.45, 7) is 0.444. The molecule has 4 heteroatoms. The fourth-order valence-corrected chi connectivity index (χ4v) is 0.881. The van der Waals surface area contributed by atoms with Crippen molar-refractivity contribution in [2.45, 2.75) is 0 Å². The van der Waals surface area contributed by atoms with Gasteiger partial charge in [-0.2, -0.15) is 4.39 Å². The molecule has 1 aromatic carbocycles. The van der Waals surface area contributed by atoms with Crippen LogP contribution >= 0.6 is 0 Å². The molecule has 0 aliphatic rings. The lowest BCUT2D eigenvalue weighted by Gasteiger charge is -1.97. The van der Waals surface area contributed by atoms with Crippen LogP contribution in [0.15, 0.2) is 12.1 Å². The minimum atomic E-state index is -1.25. The van der Waals surface area contributed by atoms with Gasteiger partial charge in [-0.1, -0.05) is 11.8 Å². The molecular formula is C10H9F2NO. The number of phenols is 1. The maximum Gasteiger partial charge on any atom is 0.200 e. The van der Waals surface area contributed by atoms with Crippen molar-refractivity contribution >= 4 is 0 Å². The molecule has 14 heavy (non-hydrogen) atoms. The third-order valence-corrected chi connectivity index (χ3v) is 1.51. The van der Waals surface area contributed by atoms with Gasteiger partial charge in [0, 0.05) is 5.56 Å².